The number of hydrogen-bond acceptors (Lipinski definition) is 6. The zero-order valence-corrected chi connectivity index (χ0v) is 14.8. The lowest BCUT2D eigenvalue weighted by molar-refractivity contribution is 0.0331. The number of aromatic nitrogens is 2. The molecule has 0 bridgehead atoms. The van der Waals surface area contributed by atoms with E-state index in [1.165, 1.54) is 35.1 Å². The minimum atomic E-state index is 0.730. The van der Waals surface area contributed by atoms with E-state index in [1.54, 1.807) is 0 Å². The molecule has 24 heavy (non-hydrogen) atoms. The van der Waals surface area contributed by atoms with Gasteiger partial charge in [-0.2, -0.15) is 0 Å². The summed E-state index contributed by atoms with van der Waals surface area (Å²) in [4.78, 5) is 14.8. The number of morpholine rings is 1. The molecule has 0 radical (unpaired) electrons. The average molecular weight is 344 g/mol. The molecule has 0 amide bonds. The fourth-order valence-corrected chi connectivity index (χ4v) is 4.81. The van der Waals surface area contributed by atoms with E-state index in [9.17, 15) is 0 Å². The van der Waals surface area contributed by atoms with Gasteiger partial charge in [0, 0.05) is 24.5 Å². The first-order valence-corrected chi connectivity index (χ1v) is 9.63. The minimum absolute atomic E-state index is 0.730. The number of nitrogens with one attached hydrogen (secondary N) is 1. The van der Waals surface area contributed by atoms with Gasteiger partial charge in [-0.15, -0.1) is 17.9 Å². The van der Waals surface area contributed by atoms with Gasteiger partial charge in [0.05, 0.1) is 25.1 Å². The molecule has 2 aromatic heterocycles. The highest BCUT2D eigenvalue weighted by atomic mass is 32.1. The molecule has 1 fully saturated rings. The minimum Gasteiger partial charge on any atom is -0.379 e. The van der Waals surface area contributed by atoms with Gasteiger partial charge < -0.3 is 10.1 Å². The molecule has 1 N–H and O–H groups in total. The highest BCUT2D eigenvalue weighted by Crippen LogP contribution is 2.38. The molecule has 1 aliphatic heterocycles. The third-order valence-corrected chi connectivity index (χ3v) is 5.93. The number of nitrogens with zero attached hydrogens (tertiary/aromatic N) is 3. The Balaban J connectivity index is 1.71. The summed E-state index contributed by atoms with van der Waals surface area (Å²) in [6.07, 6.45) is 6.80. The molecule has 2 aliphatic rings. The summed E-state index contributed by atoms with van der Waals surface area (Å²) in [6.45, 7) is 8.87. The van der Waals surface area contributed by atoms with Crippen molar-refractivity contribution < 1.29 is 4.74 Å². The van der Waals surface area contributed by atoms with E-state index in [1.807, 2.05) is 17.4 Å². The van der Waals surface area contributed by atoms with Crippen LogP contribution < -0.4 is 5.32 Å². The van der Waals surface area contributed by atoms with Crippen LogP contribution in [0.4, 0.5) is 5.82 Å². The van der Waals surface area contributed by atoms with Crippen LogP contribution in [-0.2, 0) is 24.1 Å². The van der Waals surface area contributed by atoms with Crippen LogP contribution in [0.1, 0.15) is 29.1 Å². The van der Waals surface area contributed by atoms with Crippen LogP contribution >= 0.6 is 11.3 Å². The topological polar surface area (TPSA) is 50.3 Å². The molecule has 3 heterocycles. The van der Waals surface area contributed by atoms with E-state index >= 15 is 0 Å². The Morgan fingerprint density at radius 1 is 1.21 bits per heavy atom. The molecule has 2 aromatic rings. The van der Waals surface area contributed by atoms with Crippen molar-refractivity contribution in [3.63, 3.8) is 0 Å². The van der Waals surface area contributed by atoms with Crippen molar-refractivity contribution in [2.24, 2.45) is 0 Å². The molecular formula is C18H24N4OS. The van der Waals surface area contributed by atoms with Crippen molar-refractivity contribution in [2.45, 2.75) is 32.2 Å². The van der Waals surface area contributed by atoms with Gasteiger partial charge in [-0.1, -0.05) is 6.08 Å². The van der Waals surface area contributed by atoms with Gasteiger partial charge in [-0.25, -0.2) is 9.97 Å². The van der Waals surface area contributed by atoms with Gasteiger partial charge in [0.15, 0.2) is 0 Å². The maximum Gasteiger partial charge on any atom is 0.146 e. The second-order valence-corrected chi connectivity index (χ2v) is 7.52. The summed E-state index contributed by atoms with van der Waals surface area (Å²) in [6, 6.07) is 0. The summed E-state index contributed by atoms with van der Waals surface area (Å²) < 4.78 is 5.44. The predicted octanol–water partition coefficient (Wildman–Crippen LogP) is 3.00. The van der Waals surface area contributed by atoms with Crippen LogP contribution in [0, 0.1) is 0 Å². The largest absolute Gasteiger partial charge is 0.379 e. The maximum absolute atomic E-state index is 5.44. The van der Waals surface area contributed by atoms with E-state index in [0.717, 1.165) is 62.3 Å². The molecule has 0 saturated carbocycles. The number of rotatable bonds is 5. The summed E-state index contributed by atoms with van der Waals surface area (Å²) >= 11 is 1.86. The highest BCUT2D eigenvalue weighted by Gasteiger charge is 2.22. The highest BCUT2D eigenvalue weighted by molar-refractivity contribution is 7.19. The van der Waals surface area contributed by atoms with Gasteiger partial charge in [0.2, 0.25) is 0 Å². The summed E-state index contributed by atoms with van der Waals surface area (Å²) in [5.74, 6) is 1.90. The van der Waals surface area contributed by atoms with Crippen molar-refractivity contribution in [1.29, 1.82) is 0 Å². The third-order valence-electron chi connectivity index (χ3n) is 4.74. The molecule has 6 heteroatoms. The van der Waals surface area contributed by atoms with Gasteiger partial charge >= 0.3 is 0 Å². The molecule has 5 nitrogen and oxygen atoms in total. The molecule has 1 saturated heterocycles. The van der Waals surface area contributed by atoms with Crippen molar-refractivity contribution in [3.05, 3.63) is 28.9 Å². The van der Waals surface area contributed by atoms with Crippen LogP contribution in [0.2, 0.25) is 0 Å². The maximum atomic E-state index is 5.44. The second-order valence-electron chi connectivity index (χ2n) is 6.44. The van der Waals surface area contributed by atoms with Gasteiger partial charge in [-0.05, 0) is 31.2 Å². The second kappa shape index (κ2) is 7.17. The van der Waals surface area contributed by atoms with E-state index in [0.29, 0.717) is 0 Å². The summed E-state index contributed by atoms with van der Waals surface area (Å²) in [5.41, 5.74) is 1.48. The van der Waals surface area contributed by atoms with Crippen molar-refractivity contribution in [3.8, 4) is 0 Å². The van der Waals surface area contributed by atoms with Crippen LogP contribution in [0.5, 0.6) is 0 Å². The number of ether oxygens (including phenoxy) is 1. The average Bonchev–Trinajstić information content (AvgIpc) is 2.99. The number of thiophene rings is 1. The number of anilines is 1. The Morgan fingerprint density at radius 3 is 2.88 bits per heavy atom. The van der Waals surface area contributed by atoms with Gasteiger partial charge in [0.1, 0.15) is 16.5 Å². The first-order valence-electron chi connectivity index (χ1n) is 8.81. The lowest BCUT2D eigenvalue weighted by Gasteiger charge is -2.25. The number of hydrogen-bond donors (Lipinski definition) is 1. The van der Waals surface area contributed by atoms with Crippen molar-refractivity contribution >= 4 is 27.4 Å². The Bertz CT molecular complexity index is 736. The molecule has 0 aromatic carbocycles. The third kappa shape index (κ3) is 3.18. The van der Waals surface area contributed by atoms with E-state index < -0.39 is 0 Å². The Labute approximate surface area is 146 Å². The molecular weight excluding hydrogens is 320 g/mol. The van der Waals surface area contributed by atoms with Crippen LogP contribution in [-0.4, -0.2) is 47.7 Å². The zero-order chi connectivity index (χ0) is 16.4. The first kappa shape index (κ1) is 16.0. The lowest BCUT2D eigenvalue weighted by atomic mass is 9.97. The molecule has 0 spiro atoms. The first-order chi connectivity index (χ1) is 11.8. The van der Waals surface area contributed by atoms with Crippen LogP contribution in [0.3, 0.4) is 0 Å². The van der Waals surface area contributed by atoms with Crippen LogP contribution in [0.25, 0.3) is 10.2 Å². The molecule has 1 aliphatic carbocycles. The van der Waals surface area contributed by atoms with E-state index in [4.69, 9.17) is 14.7 Å². The van der Waals surface area contributed by atoms with E-state index in [-0.39, 0.29) is 0 Å². The molecule has 0 atom stereocenters. The van der Waals surface area contributed by atoms with Gasteiger partial charge in [-0.3, -0.25) is 4.90 Å². The smallest absolute Gasteiger partial charge is 0.146 e. The summed E-state index contributed by atoms with van der Waals surface area (Å²) in [5, 5.41) is 4.70. The Kier molecular flexibility index (Phi) is 4.78. The monoisotopic (exact) mass is 344 g/mol. The quantitative estimate of drug-likeness (QED) is 0.845. The zero-order valence-electron chi connectivity index (χ0n) is 14.0. The molecule has 128 valence electrons. The van der Waals surface area contributed by atoms with Crippen molar-refractivity contribution in [2.75, 3.05) is 38.2 Å². The van der Waals surface area contributed by atoms with E-state index in [2.05, 4.69) is 16.8 Å². The molecule has 4 rings (SSSR count). The Morgan fingerprint density at radius 2 is 2.04 bits per heavy atom. The fraction of sp³-hybridized carbons (Fsp3) is 0.556. The lowest BCUT2D eigenvalue weighted by Crippen LogP contribution is -2.36. The predicted molar refractivity (Wildman–Crippen MR) is 98.8 cm³/mol. The summed E-state index contributed by atoms with van der Waals surface area (Å²) in [7, 11) is 0. The number of aryl methyl sites for hydroxylation is 2. The molecule has 0 unspecified atom stereocenters. The standard InChI is InChI=1S/C18H24N4OS/c1-2-7-19-17-16-13-5-3-4-6-14(13)24-18(16)21-15(20-17)12-22-8-10-23-11-9-22/h2H,1,3-12H2,(H,19,20,21). The number of fused-ring (bicyclic) bond motifs is 3. The fourth-order valence-electron chi connectivity index (χ4n) is 3.53. The van der Waals surface area contributed by atoms with Crippen LogP contribution in [0.15, 0.2) is 12.7 Å². The SMILES string of the molecule is C=CCNc1nc(CN2CCOCC2)nc2sc3c(c12)CCCC3. The normalized spacial score (nSPS) is 18.5. The Hall–Kier alpha value is -1.50. The van der Waals surface area contributed by atoms with Crippen molar-refractivity contribution in [1.82, 2.24) is 14.9 Å². The van der Waals surface area contributed by atoms with Gasteiger partial charge in [0.25, 0.3) is 0 Å².